The van der Waals surface area contributed by atoms with Crippen LogP contribution in [0.1, 0.15) is 48.9 Å². The highest BCUT2D eigenvalue weighted by atomic mass is 16.5. The van der Waals surface area contributed by atoms with Crippen LogP contribution >= 0.6 is 0 Å². The highest BCUT2D eigenvalue weighted by Gasteiger charge is 2.36. The molecular formula is C22H24N4O. The van der Waals surface area contributed by atoms with Gasteiger partial charge in [-0.15, -0.1) is 0 Å². The topological polar surface area (TPSA) is 61.5 Å². The van der Waals surface area contributed by atoms with Crippen LogP contribution in [0.5, 0.6) is 5.75 Å². The third-order valence-corrected chi connectivity index (χ3v) is 5.72. The SMILES string of the molecule is COc1cccc(C2=NN(c3ccc(C#N)c(C)n3)C(C3CCCC3)C2)c1. The summed E-state index contributed by atoms with van der Waals surface area (Å²) in [7, 11) is 1.69. The van der Waals surface area contributed by atoms with E-state index in [1.54, 1.807) is 7.11 Å². The maximum absolute atomic E-state index is 9.20. The fraction of sp³-hybridized carbons (Fsp3) is 0.409. The van der Waals surface area contributed by atoms with E-state index in [4.69, 9.17) is 9.84 Å². The number of ether oxygens (including phenoxy) is 1. The van der Waals surface area contributed by atoms with Crippen molar-refractivity contribution < 1.29 is 4.74 Å². The van der Waals surface area contributed by atoms with E-state index < -0.39 is 0 Å². The van der Waals surface area contributed by atoms with Gasteiger partial charge in [0, 0.05) is 12.0 Å². The van der Waals surface area contributed by atoms with Crippen LogP contribution in [0.25, 0.3) is 0 Å². The largest absolute Gasteiger partial charge is 0.497 e. The van der Waals surface area contributed by atoms with Crippen LogP contribution in [0.4, 0.5) is 5.82 Å². The van der Waals surface area contributed by atoms with Gasteiger partial charge < -0.3 is 4.74 Å². The van der Waals surface area contributed by atoms with E-state index in [1.165, 1.54) is 25.7 Å². The van der Waals surface area contributed by atoms with Crippen molar-refractivity contribution in [3.63, 3.8) is 0 Å². The number of methoxy groups -OCH3 is 1. The second kappa shape index (κ2) is 7.40. The maximum Gasteiger partial charge on any atom is 0.149 e. The maximum atomic E-state index is 9.20. The summed E-state index contributed by atoms with van der Waals surface area (Å²) in [6.07, 6.45) is 6.00. The summed E-state index contributed by atoms with van der Waals surface area (Å²) in [5.41, 5.74) is 3.55. The van der Waals surface area contributed by atoms with E-state index in [2.05, 4.69) is 22.1 Å². The lowest BCUT2D eigenvalue weighted by atomic mass is 9.92. The summed E-state index contributed by atoms with van der Waals surface area (Å²) in [5, 5.41) is 16.3. The lowest BCUT2D eigenvalue weighted by Crippen LogP contribution is -2.33. The van der Waals surface area contributed by atoms with Crippen molar-refractivity contribution in [2.75, 3.05) is 12.1 Å². The summed E-state index contributed by atoms with van der Waals surface area (Å²) >= 11 is 0. The smallest absolute Gasteiger partial charge is 0.149 e. The molecule has 0 radical (unpaired) electrons. The van der Waals surface area contributed by atoms with E-state index in [-0.39, 0.29) is 0 Å². The number of anilines is 1. The molecule has 0 bridgehead atoms. The Morgan fingerprint density at radius 1 is 1.19 bits per heavy atom. The zero-order valence-corrected chi connectivity index (χ0v) is 15.9. The van der Waals surface area contributed by atoms with Crippen LogP contribution in [-0.2, 0) is 0 Å². The zero-order valence-electron chi connectivity index (χ0n) is 15.9. The minimum atomic E-state index is 0.327. The molecule has 2 aromatic rings. The first-order valence-electron chi connectivity index (χ1n) is 9.58. The van der Waals surface area contributed by atoms with Crippen molar-refractivity contribution >= 4 is 11.5 Å². The number of aromatic nitrogens is 1. The molecule has 27 heavy (non-hydrogen) atoms. The van der Waals surface area contributed by atoms with Crippen LogP contribution in [0, 0.1) is 24.2 Å². The molecule has 1 fully saturated rings. The fourth-order valence-corrected chi connectivity index (χ4v) is 4.23. The Morgan fingerprint density at radius 3 is 2.70 bits per heavy atom. The Morgan fingerprint density at radius 2 is 2.00 bits per heavy atom. The Bertz CT molecular complexity index is 909. The average molecular weight is 360 g/mol. The molecule has 0 N–H and O–H groups in total. The first-order valence-corrected chi connectivity index (χ1v) is 9.58. The lowest BCUT2D eigenvalue weighted by Gasteiger charge is -2.27. The van der Waals surface area contributed by atoms with Crippen molar-refractivity contribution in [2.24, 2.45) is 11.0 Å². The molecule has 1 unspecified atom stereocenters. The van der Waals surface area contributed by atoms with Gasteiger partial charge in [-0.1, -0.05) is 25.0 Å². The summed E-state index contributed by atoms with van der Waals surface area (Å²) in [6, 6.07) is 14.4. The van der Waals surface area contributed by atoms with E-state index in [9.17, 15) is 5.26 Å². The first-order chi connectivity index (χ1) is 13.2. The highest BCUT2D eigenvalue weighted by Crippen LogP contribution is 2.38. The molecule has 2 heterocycles. The molecule has 1 aromatic heterocycles. The first kappa shape index (κ1) is 17.5. The van der Waals surface area contributed by atoms with Gasteiger partial charge >= 0.3 is 0 Å². The van der Waals surface area contributed by atoms with Crippen molar-refractivity contribution in [1.82, 2.24) is 4.98 Å². The van der Waals surface area contributed by atoms with Gasteiger partial charge in [0.1, 0.15) is 17.6 Å². The molecule has 1 aliphatic heterocycles. The van der Waals surface area contributed by atoms with Gasteiger partial charge in [-0.2, -0.15) is 10.4 Å². The third kappa shape index (κ3) is 3.40. The number of rotatable bonds is 4. The number of hydrazone groups is 1. The molecule has 0 saturated heterocycles. The normalized spacial score (nSPS) is 19.8. The van der Waals surface area contributed by atoms with Crippen LogP contribution in [0.3, 0.4) is 0 Å². The summed E-state index contributed by atoms with van der Waals surface area (Å²) in [4.78, 5) is 4.68. The number of pyridine rings is 1. The summed E-state index contributed by atoms with van der Waals surface area (Å²) in [6.45, 7) is 1.88. The van der Waals surface area contributed by atoms with Crippen LogP contribution in [0.2, 0.25) is 0 Å². The molecular weight excluding hydrogens is 336 g/mol. The number of hydrogen-bond acceptors (Lipinski definition) is 5. The fourth-order valence-electron chi connectivity index (χ4n) is 4.23. The van der Waals surface area contributed by atoms with Crippen LogP contribution in [0.15, 0.2) is 41.5 Å². The molecule has 4 rings (SSSR count). The molecule has 5 nitrogen and oxygen atoms in total. The van der Waals surface area contributed by atoms with Crippen LogP contribution < -0.4 is 9.75 Å². The number of nitrogens with zero attached hydrogens (tertiary/aromatic N) is 4. The predicted molar refractivity (Wildman–Crippen MR) is 106 cm³/mol. The van der Waals surface area contributed by atoms with Crippen molar-refractivity contribution in [3.05, 3.63) is 53.2 Å². The Hall–Kier alpha value is -2.87. The van der Waals surface area contributed by atoms with Gasteiger partial charge in [0.25, 0.3) is 0 Å². The van der Waals surface area contributed by atoms with E-state index in [0.29, 0.717) is 17.5 Å². The lowest BCUT2D eigenvalue weighted by molar-refractivity contribution is 0.414. The minimum Gasteiger partial charge on any atom is -0.497 e. The van der Waals surface area contributed by atoms with Gasteiger partial charge in [-0.05, 0) is 49.9 Å². The van der Waals surface area contributed by atoms with E-state index >= 15 is 0 Å². The Kier molecular flexibility index (Phi) is 4.81. The van der Waals surface area contributed by atoms with Gasteiger partial charge in [-0.3, -0.25) is 0 Å². The van der Waals surface area contributed by atoms with Crippen molar-refractivity contribution in [2.45, 2.75) is 45.1 Å². The number of hydrogen-bond donors (Lipinski definition) is 0. The van der Waals surface area contributed by atoms with E-state index in [1.807, 2.05) is 37.3 Å². The third-order valence-electron chi connectivity index (χ3n) is 5.72. The molecule has 1 saturated carbocycles. The van der Waals surface area contributed by atoms with Gasteiger partial charge in [0.05, 0.1) is 30.1 Å². The van der Waals surface area contributed by atoms with Gasteiger partial charge in [-0.25, -0.2) is 9.99 Å². The van der Waals surface area contributed by atoms with Gasteiger partial charge in [0.2, 0.25) is 0 Å². The standard InChI is InChI=1S/C22H24N4O/c1-15-18(14-23)10-11-22(24-15)26-21(16-6-3-4-7-16)13-20(25-26)17-8-5-9-19(12-17)27-2/h5,8-12,16,21H,3-4,6-7,13H2,1-2H3. The second-order valence-corrected chi connectivity index (χ2v) is 7.35. The predicted octanol–water partition coefficient (Wildman–Crippen LogP) is 4.44. The summed E-state index contributed by atoms with van der Waals surface area (Å²) < 4.78 is 5.38. The monoisotopic (exact) mass is 360 g/mol. The van der Waals surface area contributed by atoms with Crippen LogP contribution in [-0.4, -0.2) is 23.8 Å². The molecule has 1 aromatic carbocycles. The summed E-state index contributed by atoms with van der Waals surface area (Å²) in [5.74, 6) is 2.31. The van der Waals surface area contributed by atoms with E-state index in [0.717, 1.165) is 35.0 Å². The molecule has 0 spiro atoms. The number of nitriles is 1. The minimum absolute atomic E-state index is 0.327. The quantitative estimate of drug-likeness (QED) is 0.808. The molecule has 1 atom stereocenters. The average Bonchev–Trinajstić information content (AvgIpc) is 3.37. The molecule has 2 aliphatic rings. The van der Waals surface area contributed by atoms with Crippen molar-refractivity contribution in [3.8, 4) is 11.8 Å². The Balaban J connectivity index is 1.71. The highest BCUT2D eigenvalue weighted by molar-refractivity contribution is 6.03. The number of aryl methyl sites for hydroxylation is 1. The molecule has 0 amide bonds. The second-order valence-electron chi connectivity index (χ2n) is 7.35. The Labute approximate surface area is 160 Å². The number of benzene rings is 1. The molecule has 5 heteroatoms. The van der Waals surface area contributed by atoms with Crippen molar-refractivity contribution in [1.29, 1.82) is 5.26 Å². The zero-order chi connectivity index (χ0) is 18.8. The molecule has 138 valence electrons. The molecule has 1 aliphatic carbocycles. The van der Waals surface area contributed by atoms with Gasteiger partial charge in [0.15, 0.2) is 0 Å².